The third-order valence-electron chi connectivity index (χ3n) is 4.95. The van der Waals surface area contributed by atoms with Gasteiger partial charge in [0.15, 0.2) is 0 Å². The van der Waals surface area contributed by atoms with E-state index >= 15 is 0 Å². The van der Waals surface area contributed by atoms with E-state index in [1.807, 2.05) is 13.8 Å². The van der Waals surface area contributed by atoms with Crippen LogP contribution in [0.1, 0.15) is 52.9 Å². The molecule has 0 bridgehead atoms. The summed E-state index contributed by atoms with van der Waals surface area (Å²) in [6.45, 7) is 7.44. The second-order valence-electron chi connectivity index (χ2n) is 7.62. The summed E-state index contributed by atoms with van der Waals surface area (Å²) in [6, 6.07) is -0.529. The van der Waals surface area contributed by atoms with Gasteiger partial charge in [-0.3, -0.25) is 14.5 Å². The Hall–Kier alpha value is -1.14. The minimum absolute atomic E-state index is 0.0310. The van der Waals surface area contributed by atoms with E-state index in [-0.39, 0.29) is 24.3 Å². The van der Waals surface area contributed by atoms with Gasteiger partial charge in [-0.15, -0.1) is 0 Å². The van der Waals surface area contributed by atoms with Gasteiger partial charge in [-0.25, -0.2) is 0 Å². The Balaban J connectivity index is 2.17. The van der Waals surface area contributed by atoms with Gasteiger partial charge >= 0.3 is 0 Å². The molecule has 6 heteroatoms. The van der Waals surface area contributed by atoms with Crippen LogP contribution in [-0.2, 0) is 19.1 Å². The fourth-order valence-electron chi connectivity index (χ4n) is 3.92. The highest BCUT2D eigenvalue weighted by molar-refractivity contribution is 5.88. The highest BCUT2D eigenvalue weighted by Gasteiger charge is 2.53. The molecule has 1 spiro atoms. The molecule has 0 aromatic rings. The molecule has 1 saturated heterocycles. The van der Waals surface area contributed by atoms with E-state index in [0.29, 0.717) is 25.5 Å². The van der Waals surface area contributed by atoms with Crippen molar-refractivity contribution in [2.45, 2.75) is 64.6 Å². The van der Waals surface area contributed by atoms with Gasteiger partial charge in [0.05, 0.1) is 13.2 Å². The van der Waals surface area contributed by atoms with Crippen LogP contribution in [0.15, 0.2) is 0 Å². The van der Waals surface area contributed by atoms with E-state index in [1.165, 1.54) is 0 Å². The first-order valence-electron chi connectivity index (χ1n) is 9.12. The number of nitrogens with zero attached hydrogens (tertiary/aromatic N) is 1. The van der Waals surface area contributed by atoms with Crippen LogP contribution in [0.2, 0.25) is 0 Å². The Bertz CT molecular complexity index is 454. The number of carbonyl (C=O) groups is 2. The molecule has 0 aromatic carbocycles. The number of rotatable bonds is 6. The Morgan fingerprint density at radius 1 is 1.42 bits per heavy atom. The summed E-state index contributed by atoms with van der Waals surface area (Å²) in [4.78, 5) is 27.3. The lowest BCUT2D eigenvalue weighted by atomic mass is 9.83. The van der Waals surface area contributed by atoms with Crippen molar-refractivity contribution in [2.24, 2.45) is 11.8 Å². The van der Waals surface area contributed by atoms with E-state index in [4.69, 9.17) is 9.47 Å². The summed E-state index contributed by atoms with van der Waals surface area (Å²) in [5, 5.41) is 2.86. The largest absolute Gasteiger partial charge is 0.383 e. The third-order valence-corrected chi connectivity index (χ3v) is 4.95. The molecule has 24 heavy (non-hydrogen) atoms. The van der Waals surface area contributed by atoms with E-state index in [9.17, 15) is 9.59 Å². The van der Waals surface area contributed by atoms with Crippen LogP contribution in [0.25, 0.3) is 0 Å². The van der Waals surface area contributed by atoms with Crippen molar-refractivity contribution in [3.8, 4) is 0 Å². The third kappa shape index (κ3) is 4.28. The molecule has 0 unspecified atom stereocenters. The molecule has 1 saturated carbocycles. The maximum absolute atomic E-state index is 12.9. The number of hydrogen-bond donors (Lipinski definition) is 1. The number of ether oxygens (including phenoxy) is 2. The average Bonchev–Trinajstić information content (AvgIpc) is 2.85. The molecule has 2 rings (SSSR count). The first kappa shape index (κ1) is 19.2. The molecule has 2 amide bonds. The lowest BCUT2D eigenvalue weighted by molar-refractivity contribution is -0.163. The fourth-order valence-corrected chi connectivity index (χ4v) is 3.92. The van der Waals surface area contributed by atoms with Gasteiger partial charge < -0.3 is 14.8 Å². The Labute approximate surface area is 145 Å². The summed E-state index contributed by atoms with van der Waals surface area (Å²) < 4.78 is 11.1. The zero-order chi connectivity index (χ0) is 17.7. The molecule has 2 fully saturated rings. The second kappa shape index (κ2) is 8.30. The Morgan fingerprint density at radius 2 is 2.17 bits per heavy atom. The summed E-state index contributed by atoms with van der Waals surface area (Å²) in [6.07, 6.45) is 4.27. The van der Waals surface area contributed by atoms with Crippen LogP contribution in [0.4, 0.5) is 0 Å². The number of nitrogens with one attached hydrogen (secondary N) is 1. The monoisotopic (exact) mass is 340 g/mol. The van der Waals surface area contributed by atoms with Crippen LogP contribution < -0.4 is 5.32 Å². The summed E-state index contributed by atoms with van der Waals surface area (Å²) in [7, 11) is 1.60. The normalized spacial score (nSPS) is 30.1. The molecule has 1 aliphatic carbocycles. The summed E-state index contributed by atoms with van der Waals surface area (Å²) in [5.41, 5.74) is -0.590. The first-order valence-corrected chi connectivity index (χ1v) is 9.12. The van der Waals surface area contributed by atoms with Crippen LogP contribution >= 0.6 is 0 Å². The first-order chi connectivity index (χ1) is 11.4. The van der Waals surface area contributed by atoms with E-state index < -0.39 is 11.8 Å². The van der Waals surface area contributed by atoms with Crippen molar-refractivity contribution in [1.82, 2.24) is 10.2 Å². The Kier molecular flexibility index (Phi) is 6.63. The molecule has 0 radical (unpaired) electrons. The zero-order valence-corrected chi connectivity index (χ0v) is 15.5. The molecule has 0 aromatic heterocycles. The molecular formula is C18H32N2O4. The second-order valence-corrected chi connectivity index (χ2v) is 7.62. The number of hydrogen-bond acceptors (Lipinski definition) is 4. The lowest BCUT2D eigenvalue weighted by Gasteiger charge is -2.43. The maximum atomic E-state index is 12.9. The van der Waals surface area contributed by atoms with Crippen LogP contribution in [0.3, 0.4) is 0 Å². The van der Waals surface area contributed by atoms with Crippen LogP contribution in [0, 0.1) is 11.8 Å². The number of methoxy groups -OCH3 is 1. The van der Waals surface area contributed by atoms with Crippen molar-refractivity contribution in [1.29, 1.82) is 0 Å². The lowest BCUT2D eigenvalue weighted by Crippen LogP contribution is -2.57. The molecule has 6 nitrogen and oxygen atoms in total. The van der Waals surface area contributed by atoms with Gasteiger partial charge in [0, 0.05) is 20.1 Å². The molecule has 1 heterocycles. The van der Waals surface area contributed by atoms with Gasteiger partial charge in [-0.1, -0.05) is 27.2 Å². The van der Waals surface area contributed by atoms with Gasteiger partial charge in [0.2, 0.25) is 11.8 Å². The van der Waals surface area contributed by atoms with Crippen molar-refractivity contribution < 1.29 is 19.1 Å². The molecule has 1 N–H and O–H groups in total. The van der Waals surface area contributed by atoms with Gasteiger partial charge in [-0.2, -0.15) is 0 Å². The van der Waals surface area contributed by atoms with Gasteiger partial charge in [-0.05, 0) is 31.1 Å². The van der Waals surface area contributed by atoms with Crippen LogP contribution in [-0.4, -0.2) is 55.3 Å². The smallest absolute Gasteiger partial charge is 0.245 e. The molecule has 1 aliphatic heterocycles. The predicted octanol–water partition coefficient (Wildman–Crippen LogP) is 1.93. The average molecular weight is 340 g/mol. The maximum Gasteiger partial charge on any atom is 0.245 e. The SMILES string of the molecule is COCCNC(=O)[C@@H]1CO[C@]2(CCC[C@@H](C)C2)N1C(=O)CC(C)C. The Morgan fingerprint density at radius 3 is 2.79 bits per heavy atom. The van der Waals surface area contributed by atoms with Crippen LogP contribution in [0.5, 0.6) is 0 Å². The fraction of sp³-hybridized carbons (Fsp3) is 0.889. The molecule has 2 aliphatic rings. The molecular weight excluding hydrogens is 308 g/mol. The van der Waals surface area contributed by atoms with E-state index in [1.54, 1.807) is 12.0 Å². The van der Waals surface area contributed by atoms with Crippen molar-refractivity contribution in [2.75, 3.05) is 26.9 Å². The highest BCUT2D eigenvalue weighted by atomic mass is 16.5. The quantitative estimate of drug-likeness (QED) is 0.750. The minimum Gasteiger partial charge on any atom is -0.383 e. The van der Waals surface area contributed by atoms with E-state index in [2.05, 4.69) is 12.2 Å². The summed E-state index contributed by atoms with van der Waals surface area (Å²) in [5.74, 6) is 0.652. The van der Waals surface area contributed by atoms with Crippen molar-refractivity contribution >= 4 is 11.8 Å². The highest BCUT2D eigenvalue weighted by Crippen LogP contribution is 2.43. The number of carbonyl (C=O) groups excluding carboxylic acids is 2. The topological polar surface area (TPSA) is 67.9 Å². The van der Waals surface area contributed by atoms with Crippen molar-refractivity contribution in [3.63, 3.8) is 0 Å². The summed E-state index contributed by atoms with van der Waals surface area (Å²) >= 11 is 0. The number of amides is 2. The minimum atomic E-state index is -0.590. The van der Waals surface area contributed by atoms with Crippen molar-refractivity contribution in [3.05, 3.63) is 0 Å². The van der Waals surface area contributed by atoms with Gasteiger partial charge in [0.1, 0.15) is 11.8 Å². The van der Waals surface area contributed by atoms with E-state index in [0.717, 1.165) is 25.7 Å². The molecule has 3 atom stereocenters. The zero-order valence-electron chi connectivity index (χ0n) is 15.5. The van der Waals surface area contributed by atoms with Gasteiger partial charge in [0.25, 0.3) is 0 Å². The standard InChI is InChI=1S/C18H32N2O4/c1-13(2)10-16(21)20-15(17(22)19-8-9-23-4)12-24-18(20)7-5-6-14(3)11-18/h13-15H,5-12H2,1-4H3,(H,19,22)/t14-,15+,18+/m1/s1. The predicted molar refractivity (Wildman–Crippen MR) is 91.3 cm³/mol. The molecule has 138 valence electrons.